The number of piperazine rings is 1. The van der Waals surface area contributed by atoms with Crippen molar-refractivity contribution in [1.82, 2.24) is 25.1 Å². The maximum Gasteiger partial charge on any atom is 0.409 e. The van der Waals surface area contributed by atoms with E-state index in [1.165, 1.54) is 9.80 Å². The summed E-state index contributed by atoms with van der Waals surface area (Å²) < 4.78 is 5.03. The van der Waals surface area contributed by atoms with Gasteiger partial charge in [-0.2, -0.15) is 0 Å². The first-order valence-electron chi connectivity index (χ1n) is 13.5. The molecule has 2 heterocycles. The van der Waals surface area contributed by atoms with Crippen molar-refractivity contribution in [3.05, 3.63) is 71.9 Å². The maximum atomic E-state index is 13.6. The summed E-state index contributed by atoms with van der Waals surface area (Å²) >= 11 is 0. The van der Waals surface area contributed by atoms with Crippen LogP contribution in [0, 0.1) is 6.92 Å². The van der Waals surface area contributed by atoms with Gasteiger partial charge in [0.1, 0.15) is 11.7 Å². The van der Waals surface area contributed by atoms with Crippen LogP contribution in [0.3, 0.4) is 0 Å². The number of carbonyl (C=O) groups excluding carboxylic acids is 3. The second kappa shape index (κ2) is 13.5. The zero-order chi connectivity index (χ0) is 29.4. The first-order valence-corrected chi connectivity index (χ1v) is 13.5. The van der Waals surface area contributed by atoms with Crippen LogP contribution in [-0.2, 0) is 14.3 Å². The van der Waals surface area contributed by atoms with E-state index in [4.69, 9.17) is 9.72 Å². The summed E-state index contributed by atoms with van der Waals surface area (Å²) in [6.07, 6.45) is -0.857. The summed E-state index contributed by atoms with van der Waals surface area (Å²) in [5, 5.41) is 12.0. The van der Waals surface area contributed by atoms with Gasteiger partial charge in [-0.1, -0.05) is 54.6 Å². The van der Waals surface area contributed by atoms with Gasteiger partial charge in [0.05, 0.1) is 12.3 Å². The van der Waals surface area contributed by atoms with Crippen LogP contribution in [0.15, 0.2) is 60.7 Å². The lowest BCUT2D eigenvalue weighted by Crippen LogP contribution is -2.56. The summed E-state index contributed by atoms with van der Waals surface area (Å²) in [5.41, 5.74) is 3.12. The van der Waals surface area contributed by atoms with Crippen molar-refractivity contribution in [3.8, 4) is 22.6 Å². The van der Waals surface area contributed by atoms with Crippen LogP contribution in [0.4, 0.5) is 4.79 Å². The van der Waals surface area contributed by atoms with Gasteiger partial charge in [-0.3, -0.25) is 14.4 Å². The summed E-state index contributed by atoms with van der Waals surface area (Å²) in [5.74, 6) is -1.77. The number of benzene rings is 2. The first kappa shape index (κ1) is 29.2. The Morgan fingerprint density at radius 2 is 1.61 bits per heavy atom. The number of rotatable bonds is 9. The molecule has 0 radical (unpaired) electrons. The monoisotopic (exact) mass is 559 g/mol. The quantitative estimate of drug-likeness (QED) is 0.406. The second-order valence-electron chi connectivity index (χ2n) is 9.61. The van der Waals surface area contributed by atoms with Gasteiger partial charge in [0.15, 0.2) is 5.82 Å². The Morgan fingerprint density at radius 1 is 0.951 bits per heavy atom. The molecule has 4 rings (SSSR count). The molecule has 41 heavy (non-hydrogen) atoms. The van der Waals surface area contributed by atoms with Crippen LogP contribution in [0.2, 0.25) is 0 Å². The third-order valence-electron chi connectivity index (χ3n) is 6.78. The molecule has 0 spiro atoms. The molecule has 1 fully saturated rings. The van der Waals surface area contributed by atoms with Gasteiger partial charge in [0, 0.05) is 43.7 Å². The fraction of sp³-hybridized carbons (Fsp3) is 0.333. The molecule has 0 aliphatic carbocycles. The number of aliphatic carboxylic acids is 1. The van der Waals surface area contributed by atoms with Crippen LogP contribution in [0.25, 0.3) is 22.6 Å². The highest BCUT2D eigenvalue weighted by Gasteiger charge is 2.31. The number of ether oxygens (including phenoxy) is 1. The number of carboxylic acid groups (broad SMARTS) is 1. The van der Waals surface area contributed by atoms with Crippen LogP contribution >= 0.6 is 0 Å². The lowest BCUT2D eigenvalue weighted by molar-refractivity contribution is -0.138. The van der Waals surface area contributed by atoms with E-state index in [0.717, 1.165) is 16.7 Å². The smallest absolute Gasteiger partial charge is 0.409 e. The molecule has 3 amide bonds. The minimum Gasteiger partial charge on any atom is -0.481 e. The van der Waals surface area contributed by atoms with Crippen LogP contribution < -0.4 is 5.32 Å². The molecule has 2 aromatic carbocycles. The Hall–Kier alpha value is -4.80. The van der Waals surface area contributed by atoms with Crippen LogP contribution in [-0.4, -0.2) is 87.6 Å². The fourth-order valence-electron chi connectivity index (χ4n) is 4.58. The summed E-state index contributed by atoms with van der Waals surface area (Å²) in [6, 6.07) is 17.4. The fourth-order valence-corrected chi connectivity index (χ4v) is 4.58. The molecule has 1 aromatic heterocycles. The normalized spacial score (nSPS) is 13.8. The van der Waals surface area contributed by atoms with Crippen molar-refractivity contribution in [3.63, 3.8) is 0 Å². The van der Waals surface area contributed by atoms with Crippen LogP contribution in [0.5, 0.6) is 0 Å². The molecule has 11 heteroatoms. The molecule has 1 saturated heterocycles. The molecular weight excluding hydrogens is 526 g/mol. The largest absolute Gasteiger partial charge is 0.481 e. The van der Waals surface area contributed by atoms with Gasteiger partial charge in [0.25, 0.3) is 5.91 Å². The molecule has 1 aliphatic rings. The molecule has 3 aromatic rings. The number of amides is 3. The second-order valence-corrected chi connectivity index (χ2v) is 9.61. The lowest BCUT2D eigenvalue weighted by atomic mass is 10.0. The molecule has 1 aliphatic heterocycles. The number of carboxylic acids is 1. The number of carbonyl (C=O) groups is 4. The topological polar surface area (TPSA) is 142 Å². The van der Waals surface area contributed by atoms with E-state index in [1.54, 1.807) is 13.0 Å². The van der Waals surface area contributed by atoms with Crippen molar-refractivity contribution in [1.29, 1.82) is 0 Å². The molecule has 0 saturated carbocycles. The standard InChI is InChI=1S/C30H33N5O6/c1-3-41-30(40)35-17-15-34(16-18-35)29(39)23(13-14-26(36)37)33-28(38)25-19-24(22-12-8-7-9-20(22)2)31-27(32-25)21-10-5-4-6-11-21/h4-12,19,23H,3,13-18H2,1-2H3,(H,33,38)(H,36,37). The zero-order valence-corrected chi connectivity index (χ0v) is 23.1. The molecule has 11 nitrogen and oxygen atoms in total. The van der Waals surface area contributed by atoms with E-state index in [-0.39, 0.29) is 51.3 Å². The molecule has 1 unspecified atom stereocenters. The number of hydrogen-bond donors (Lipinski definition) is 2. The highest BCUT2D eigenvalue weighted by atomic mass is 16.6. The molecule has 2 N–H and O–H groups in total. The number of aryl methyl sites for hydroxylation is 1. The minimum absolute atomic E-state index is 0.0531. The summed E-state index contributed by atoms with van der Waals surface area (Å²) in [4.78, 5) is 62.7. The first-order chi connectivity index (χ1) is 19.8. The van der Waals surface area contributed by atoms with Crippen LogP contribution in [0.1, 0.15) is 35.8 Å². The van der Waals surface area contributed by atoms with Gasteiger partial charge >= 0.3 is 12.1 Å². The number of nitrogens with zero attached hydrogens (tertiary/aromatic N) is 4. The Labute approximate surface area is 238 Å². The van der Waals surface area contributed by atoms with Crippen molar-refractivity contribution >= 4 is 23.9 Å². The van der Waals surface area contributed by atoms with Gasteiger partial charge in [0.2, 0.25) is 5.91 Å². The number of nitrogens with one attached hydrogen (secondary N) is 1. The van der Waals surface area contributed by atoms with Crippen molar-refractivity contribution in [2.45, 2.75) is 32.7 Å². The van der Waals surface area contributed by atoms with E-state index in [9.17, 15) is 24.3 Å². The average Bonchev–Trinajstić information content (AvgIpc) is 2.99. The molecule has 214 valence electrons. The number of aromatic nitrogens is 2. The third kappa shape index (κ3) is 7.44. The predicted octanol–water partition coefficient (Wildman–Crippen LogP) is 3.38. The van der Waals surface area contributed by atoms with E-state index >= 15 is 0 Å². The highest BCUT2D eigenvalue weighted by molar-refractivity contribution is 5.97. The third-order valence-corrected chi connectivity index (χ3v) is 6.78. The SMILES string of the molecule is CCOC(=O)N1CCN(C(=O)C(CCC(=O)O)NC(=O)c2cc(-c3ccccc3C)nc(-c3ccccc3)n2)CC1. The number of hydrogen-bond acceptors (Lipinski definition) is 7. The summed E-state index contributed by atoms with van der Waals surface area (Å²) in [6.45, 7) is 4.94. The van der Waals surface area contributed by atoms with Gasteiger partial charge in [-0.05, 0) is 31.9 Å². The van der Waals surface area contributed by atoms with E-state index < -0.39 is 29.9 Å². The van der Waals surface area contributed by atoms with Gasteiger partial charge in [-0.15, -0.1) is 0 Å². The van der Waals surface area contributed by atoms with E-state index in [2.05, 4.69) is 10.3 Å². The molecule has 0 bridgehead atoms. The van der Waals surface area contributed by atoms with E-state index in [0.29, 0.717) is 11.5 Å². The predicted molar refractivity (Wildman–Crippen MR) is 151 cm³/mol. The average molecular weight is 560 g/mol. The highest BCUT2D eigenvalue weighted by Crippen LogP contribution is 2.25. The molecular formula is C30H33N5O6. The Morgan fingerprint density at radius 3 is 2.27 bits per heavy atom. The Bertz CT molecular complexity index is 1410. The van der Waals surface area contributed by atoms with Crippen molar-refractivity contribution in [2.24, 2.45) is 0 Å². The van der Waals surface area contributed by atoms with E-state index in [1.807, 2.05) is 61.5 Å². The Balaban J connectivity index is 1.59. The van der Waals surface area contributed by atoms with Crippen molar-refractivity contribution in [2.75, 3.05) is 32.8 Å². The minimum atomic E-state index is -1.09. The lowest BCUT2D eigenvalue weighted by Gasteiger charge is -2.35. The van der Waals surface area contributed by atoms with Crippen molar-refractivity contribution < 1.29 is 29.0 Å². The van der Waals surface area contributed by atoms with Gasteiger partial charge in [-0.25, -0.2) is 14.8 Å². The Kier molecular flexibility index (Phi) is 9.62. The molecule has 1 atom stereocenters. The zero-order valence-electron chi connectivity index (χ0n) is 23.1. The van der Waals surface area contributed by atoms with Gasteiger partial charge < -0.3 is 25.0 Å². The summed E-state index contributed by atoms with van der Waals surface area (Å²) in [7, 11) is 0. The maximum absolute atomic E-state index is 13.6.